The van der Waals surface area contributed by atoms with Crippen molar-refractivity contribution in [2.45, 2.75) is 6.82 Å². The van der Waals surface area contributed by atoms with Gasteiger partial charge in [-0.2, -0.15) is 0 Å². The van der Waals surface area contributed by atoms with E-state index >= 15 is 0 Å². The molecule has 0 radical (unpaired) electrons. The molecule has 0 aliphatic carbocycles. The third kappa shape index (κ3) is 0.455. The molecule has 1 aliphatic rings. The predicted molar refractivity (Wildman–Crippen MR) is 24.2 cm³/mol. The van der Waals surface area contributed by atoms with Crippen molar-refractivity contribution in [3.05, 3.63) is 0 Å². The molecule has 1 fully saturated rings. The van der Waals surface area contributed by atoms with Crippen LogP contribution in [0, 0.1) is 0 Å². The Balaban J connectivity index is 2.20. The SMILES string of the molecule is CB1CN1C. The van der Waals surface area contributed by atoms with Crippen molar-refractivity contribution < 1.29 is 0 Å². The first-order chi connectivity index (χ1) is 2.30. The van der Waals surface area contributed by atoms with Gasteiger partial charge in [-0.25, -0.2) is 0 Å². The van der Waals surface area contributed by atoms with Crippen LogP contribution in [0.2, 0.25) is 6.82 Å². The molecule has 0 amide bonds. The zero-order valence-electron chi connectivity index (χ0n) is 3.73. The summed E-state index contributed by atoms with van der Waals surface area (Å²) in [4.78, 5) is 2.29. The first-order valence-corrected chi connectivity index (χ1v) is 2.01. The van der Waals surface area contributed by atoms with Gasteiger partial charge >= 0.3 is 0 Å². The summed E-state index contributed by atoms with van der Waals surface area (Å²) in [6.07, 6.45) is 1.31. The maximum absolute atomic E-state index is 2.29. The van der Waals surface area contributed by atoms with E-state index in [0.29, 0.717) is 0 Å². The van der Waals surface area contributed by atoms with E-state index in [1.54, 1.807) is 0 Å². The van der Waals surface area contributed by atoms with Crippen LogP contribution in [0.4, 0.5) is 0 Å². The molecule has 28 valence electrons. The number of hydrogen-bond acceptors (Lipinski definition) is 1. The fourth-order valence-electron chi connectivity index (χ4n) is 0.370. The van der Waals surface area contributed by atoms with Crippen molar-refractivity contribution in [3.63, 3.8) is 0 Å². The van der Waals surface area contributed by atoms with Gasteiger partial charge in [0.15, 0.2) is 0 Å². The van der Waals surface area contributed by atoms with Gasteiger partial charge in [-0.15, -0.1) is 0 Å². The van der Waals surface area contributed by atoms with Gasteiger partial charge in [-0.3, -0.25) is 0 Å². The van der Waals surface area contributed by atoms with E-state index in [1.807, 2.05) is 0 Å². The van der Waals surface area contributed by atoms with Crippen LogP contribution in [0.3, 0.4) is 0 Å². The minimum absolute atomic E-state index is 0.884. The second kappa shape index (κ2) is 0.746. The monoisotopic (exact) mass is 69.1 g/mol. The molecule has 0 aromatic rings. The molecule has 1 heterocycles. The Morgan fingerprint density at radius 2 is 2.00 bits per heavy atom. The highest BCUT2D eigenvalue weighted by atomic mass is 15.1. The molecule has 0 aromatic carbocycles. The Bertz CT molecular complexity index is 40.2. The van der Waals surface area contributed by atoms with Gasteiger partial charge in [0.25, 0.3) is 0 Å². The maximum Gasteiger partial charge on any atom is 0.232 e. The van der Waals surface area contributed by atoms with Crippen LogP contribution in [0.5, 0.6) is 0 Å². The Kier molecular flexibility index (Phi) is 0.481. The molecule has 1 saturated heterocycles. The van der Waals surface area contributed by atoms with E-state index in [2.05, 4.69) is 18.7 Å². The third-order valence-electron chi connectivity index (χ3n) is 1.17. The summed E-state index contributed by atoms with van der Waals surface area (Å²) in [6, 6.07) is 0. The van der Waals surface area contributed by atoms with Crippen molar-refractivity contribution >= 4 is 6.85 Å². The zero-order chi connectivity index (χ0) is 3.86. The van der Waals surface area contributed by atoms with Crippen LogP contribution in [-0.4, -0.2) is 25.2 Å². The van der Waals surface area contributed by atoms with Gasteiger partial charge in [0.2, 0.25) is 6.85 Å². The Morgan fingerprint density at radius 1 is 1.80 bits per heavy atom. The van der Waals surface area contributed by atoms with Crippen molar-refractivity contribution in [2.75, 3.05) is 13.5 Å². The lowest BCUT2D eigenvalue weighted by Gasteiger charge is -1.74. The molecule has 5 heavy (non-hydrogen) atoms. The van der Waals surface area contributed by atoms with Crippen molar-refractivity contribution in [3.8, 4) is 0 Å². The summed E-state index contributed by atoms with van der Waals surface area (Å²) in [5.74, 6) is 0. The maximum atomic E-state index is 2.29. The number of hydrogen-bond donors (Lipinski definition) is 0. The van der Waals surface area contributed by atoms with Crippen molar-refractivity contribution in [2.24, 2.45) is 0 Å². The molecule has 2 heteroatoms. The average molecular weight is 68.9 g/mol. The molecule has 1 atom stereocenters. The van der Waals surface area contributed by atoms with Crippen LogP contribution >= 0.6 is 0 Å². The smallest absolute Gasteiger partial charge is 0.232 e. The Morgan fingerprint density at radius 3 is 2.00 bits per heavy atom. The molecule has 1 unspecified atom stereocenters. The quantitative estimate of drug-likeness (QED) is 0.288. The second-order valence-corrected chi connectivity index (χ2v) is 1.79. The van der Waals surface area contributed by atoms with E-state index in [-0.39, 0.29) is 0 Å². The predicted octanol–water partition coefficient (Wildman–Crippen LogP) is 0.0923. The average Bonchev–Trinajstić information content (AvgIpc) is 1.79. The minimum atomic E-state index is 0.884. The lowest BCUT2D eigenvalue weighted by Crippen LogP contribution is -1.89. The summed E-state index contributed by atoms with van der Waals surface area (Å²) in [5.41, 5.74) is 0. The van der Waals surface area contributed by atoms with Crippen molar-refractivity contribution in [1.29, 1.82) is 0 Å². The third-order valence-corrected chi connectivity index (χ3v) is 1.17. The molecule has 1 nitrogen and oxygen atoms in total. The first kappa shape index (κ1) is 3.22. The van der Waals surface area contributed by atoms with Crippen LogP contribution in [0.1, 0.15) is 0 Å². The molecular formula is C3H8BN. The van der Waals surface area contributed by atoms with E-state index in [1.165, 1.54) is 6.44 Å². The molecule has 0 bridgehead atoms. The molecular weight excluding hydrogens is 60.9 g/mol. The summed E-state index contributed by atoms with van der Waals surface area (Å²) in [7, 11) is 2.13. The standard InChI is InChI=1S/C3H8BN/c1-4-3-5(4)2/h3H2,1-2H3. The van der Waals surface area contributed by atoms with Gasteiger partial charge in [-0.1, -0.05) is 6.82 Å². The second-order valence-electron chi connectivity index (χ2n) is 1.79. The summed E-state index contributed by atoms with van der Waals surface area (Å²) in [6.45, 7) is 3.11. The van der Waals surface area contributed by atoms with E-state index in [4.69, 9.17) is 0 Å². The molecule has 0 spiro atoms. The fraction of sp³-hybridized carbons (Fsp3) is 1.00. The van der Waals surface area contributed by atoms with Crippen LogP contribution in [0.25, 0.3) is 0 Å². The highest BCUT2D eigenvalue weighted by Gasteiger charge is 2.27. The molecule has 0 aromatic heterocycles. The first-order valence-electron chi connectivity index (χ1n) is 2.01. The highest BCUT2D eigenvalue weighted by molar-refractivity contribution is 6.64. The Labute approximate surface area is 33.1 Å². The van der Waals surface area contributed by atoms with Crippen LogP contribution < -0.4 is 0 Å². The van der Waals surface area contributed by atoms with Crippen LogP contribution in [-0.2, 0) is 0 Å². The summed E-state index contributed by atoms with van der Waals surface area (Å²) >= 11 is 0. The van der Waals surface area contributed by atoms with E-state index in [0.717, 1.165) is 6.85 Å². The van der Waals surface area contributed by atoms with Gasteiger partial charge in [0.1, 0.15) is 0 Å². The topological polar surface area (TPSA) is 3.01 Å². The largest absolute Gasteiger partial charge is 0.349 e. The van der Waals surface area contributed by atoms with Crippen molar-refractivity contribution in [1.82, 2.24) is 4.81 Å². The van der Waals surface area contributed by atoms with E-state index in [9.17, 15) is 0 Å². The van der Waals surface area contributed by atoms with E-state index < -0.39 is 0 Å². The zero-order valence-corrected chi connectivity index (χ0v) is 3.73. The number of rotatable bonds is 0. The fourth-order valence-corrected chi connectivity index (χ4v) is 0.370. The lowest BCUT2D eigenvalue weighted by molar-refractivity contribution is 0.769. The number of nitrogens with zero attached hydrogens (tertiary/aromatic N) is 1. The molecule has 1 rings (SSSR count). The highest BCUT2D eigenvalue weighted by Crippen LogP contribution is 2.04. The molecule has 0 N–H and O–H groups in total. The minimum Gasteiger partial charge on any atom is -0.349 e. The lowest BCUT2D eigenvalue weighted by atomic mass is 9.81. The van der Waals surface area contributed by atoms with Crippen LogP contribution in [0.15, 0.2) is 0 Å². The normalized spacial score (nSPS) is 34.8. The van der Waals surface area contributed by atoms with Gasteiger partial charge < -0.3 is 4.81 Å². The summed E-state index contributed by atoms with van der Waals surface area (Å²) < 4.78 is 0. The molecule has 0 saturated carbocycles. The van der Waals surface area contributed by atoms with Gasteiger partial charge in [0.05, 0.1) is 0 Å². The Hall–Kier alpha value is 0.0249. The van der Waals surface area contributed by atoms with Gasteiger partial charge in [-0.05, 0) is 13.5 Å². The summed E-state index contributed by atoms with van der Waals surface area (Å²) in [5, 5.41) is 0. The van der Waals surface area contributed by atoms with Gasteiger partial charge in [0, 0.05) is 0 Å². The molecule has 1 aliphatic heterocycles.